The second kappa shape index (κ2) is 16.1. The average molecular weight is 307 g/mol. The van der Waals surface area contributed by atoms with Crippen molar-refractivity contribution in [2.24, 2.45) is 0 Å². The molecular formula is C7H16BrI. The maximum Gasteiger partial charge on any atom is 0.00313 e. The van der Waals surface area contributed by atoms with Crippen LogP contribution in [-0.2, 0) is 0 Å². The van der Waals surface area contributed by atoms with E-state index in [1.807, 2.05) is 4.93 Å². The molecule has 0 saturated carbocycles. The Bertz CT molecular complexity index is 28.1. The van der Waals surface area contributed by atoms with Crippen LogP contribution in [-0.4, -0.2) is 10.3 Å². The van der Waals surface area contributed by atoms with Gasteiger partial charge in [0.15, 0.2) is 0 Å². The van der Waals surface area contributed by atoms with Gasteiger partial charge in [-0.3, -0.25) is 0 Å². The zero-order valence-electron chi connectivity index (χ0n) is 6.29. The van der Waals surface area contributed by atoms with Crippen molar-refractivity contribution in [1.82, 2.24) is 0 Å². The van der Waals surface area contributed by atoms with E-state index in [1.54, 1.807) is 0 Å². The average Bonchev–Trinajstić information content (AvgIpc) is 1.94. The molecule has 0 aliphatic carbocycles. The molecule has 0 aromatic rings. The molecule has 0 nitrogen and oxygen atoms in total. The van der Waals surface area contributed by atoms with Gasteiger partial charge in [-0.2, -0.15) is 0 Å². The summed E-state index contributed by atoms with van der Waals surface area (Å²) in [6.45, 7) is 2.23. The summed E-state index contributed by atoms with van der Waals surface area (Å²) in [5.74, 6) is 0. The normalized spacial score (nSPS) is 8.00. The first-order chi connectivity index (χ1) is 4.41. The van der Waals surface area contributed by atoms with Gasteiger partial charge in [0.1, 0.15) is 0 Å². The smallest absolute Gasteiger partial charge is 0.00313 e. The van der Waals surface area contributed by atoms with Crippen LogP contribution >= 0.6 is 38.5 Å². The van der Waals surface area contributed by atoms with Gasteiger partial charge in [0.05, 0.1) is 0 Å². The van der Waals surface area contributed by atoms with E-state index in [0.29, 0.717) is 0 Å². The topological polar surface area (TPSA) is 0 Å². The first kappa shape index (κ1) is 12.8. The van der Waals surface area contributed by atoms with Crippen LogP contribution in [0.4, 0.5) is 0 Å². The van der Waals surface area contributed by atoms with Gasteiger partial charge >= 0.3 is 0 Å². The number of hydrogen-bond acceptors (Lipinski definition) is 0. The Morgan fingerprint density at radius 3 is 2.00 bits per heavy atom. The van der Waals surface area contributed by atoms with Gasteiger partial charge in [0.25, 0.3) is 0 Å². The van der Waals surface area contributed by atoms with Gasteiger partial charge in [-0.15, -0.1) is 0 Å². The fourth-order valence-corrected chi connectivity index (χ4v) is 0.918. The van der Waals surface area contributed by atoms with E-state index in [-0.39, 0.29) is 0 Å². The SMILES string of the molecule is CCCCCCBr.CI. The van der Waals surface area contributed by atoms with Gasteiger partial charge < -0.3 is 0 Å². The van der Waals surface area contributed by atoms with E-state index in [1.165, 1.54) is 31.0 Å². The highest BCUT2D eigenvalue weighted by molar-refractivity contribution is 14.1. The van der Waals surface area contributed by atoms with Crippen LogP contribution in [0, 0.1) is 0 Å². The van der Waals surface area contributed by atoms with Gasteiger partial charge in [-0.25, -0.2) is 0 Å². The third-order valence-corrected chi connectivity index (χ3v) is 1.55. The maximum absolute atomic E-state index is 3.38. The summed E-state index contributed by atoms with van der Waals surface area (Å²) in [7, 11) is 0. The summed E-state index contributed by atoms with van der Waals surface area (Å²) in [4.78, 5) is 1.97. The first-order valence-corrected chi connectivity index (χ1v) is 6.63. The summed E-state index contributed by atoms with van der Waals surface area (Å²) in [6, 6.07) is 0. The minimum absolute atomic E-state index is 1.17. The molecule has 0 rings (SSSR count). The molecule has 0 aromatic carbocycles. The van der Waals surface area contributed by atoms with Crippen LogP contribution < -0.4 is 0 Å². The largest absolute Gasteiger partial charge is 0.0928 e. The summed E-state index contributed by atoms with van der Waals surface area (Å²) >= 11 is 5.53. The minimum Gasteiger partial charge on any atom is -0.0928 e. The van der Waals surface area contributed by atoms with Crippen molar-refractivity contribution in [3.63, 3.8) is 0 Å². The third kappa shape index (κ3) is 17.6. The summed E-state index contributed by atoms with van der Waals surface area (Å²) in [6.07, 6.45) is 5.47. The van der Waals surface area contributed by atoms with Crippen molar-refractivity contribution in [2.75, 3.05) is 10.3 Å². The van der Waals surface area contributed by atoms with Gasteiger partial charge in [0.2, 0.25) is 0 Å². The lowest BCUT2D eigenvalue weighted by Crippen LogP contribution is -1.73. The highest BCUT2D eigenvalue weighted by atomic mass is 127. The van der Waals surface area contributed by atoms with E-state index < -0.39 is 0 Å². The quantitative estimate of drug-likeness (QED) is 0.418. The van der Waals surface area contributed by atoms with Crippen LogP contribution in [0.2, 0.25) is 0 Å². The van der Waals surface area contributed by atoms with Crippen molar-refractivity contribution >= 4 is 38.5 Å². The molecule has 2 heteroatoms. The lowest BCUT2D eigenvalue weighted by atomic mass is 10.2. The van der Waals surface area contributed by atoms with E-state index in [4.69, 9.17) is 0 Å². The Balaban J connectivity index is 0. The Morgan fingerprint density at radius 1 is 1.11 bits per heavy atom. The highest BCUT2D eigenvalue weighted by Crippen LogP contribution is 1.99. The number of hydrogen-bond donors (Lipinski definition) is 0. The third-order valence-electron chi connectivity index (χ3n) is 0.987. The molecule has 0 amide bonds. The second-order valence-electron chi connectivity index (χ2n) is 1.75. The molecule has 0 saturated heterocycles. The maximum atomic E-state index is 3.38. The molecule has 0 N–H and O–H groups in total. The Labute approximate surface area is 81.1 Å². The molecule has 0 aromatic heterocycles. The van der Waals surface area contributed by atoms with E-state index in [2.05, 4.69) is 45.4 Å². The monoisotopic (exact) mass is 306 g/mol. The molecule has 0 atom stereocenters. The summed E-state index contributed by atoms with van der Waals surface area (Å²) in [5, 5.41) is 1.17. The highest BCUT2D eigenvalue weighted by Gasteiger charge is 1.81. The van der Waals surface area contributed by atoms with Crippen LogP contribution in [0.25, 0.3) is 0 Å². The number of rotatable bonds is 4. The van der Waals surface area contributed by atoms with E-state index in [9.17, 15) is 0 Å². The van der Waals surface area contributed by atoms with Crippen molar-refractivity contribution < 1.29 is 0 Å². The zero-order valence-corrected chi connectivity index (χ0v) is 10.0. The fraction of sp³-hybridized carbons (Fsp3) is 1.00. The van der Waals surface area contributed by atoms with Gasteiger partial charge in [-0.05, 0) is 11.4 Å². The lowest BCUT2D eigenvalue weighted by Gasteiger charge is -1.89. The molecule has 0 spiro atoms. The second-order valence-corrected chi connectivity index (χ2v) is 2.54. The van der Waals surface area contributed by atoms with Crippen molar-refractivity contribution in [2.45, 2.75) is 32.6 Å². The molecule has 0 heterocycles. The Morgan fingerprint density at radius 2 is 1.67 bits per heavy atom. The van der Waals surface area contributed by atoms with Crippen molar-refractivity contribution in [1.29, 1.82) is 0 Å². The molecule has 0 aliphatic heterocycles. The van der Waals surface area contributed by atoms with Crippen molar-refractivity contribution in [3.8, 4) is 0 Å². The molecular weight excluding hydrogens is 291 g/mol. The van der Waals surface area contributed by atoms with Crippen LogP contribution in [0.3, 0.4) is 0 Å². The fourth-order valence-electron chi connectivity index (χ4n) is 0.521. The van der Waals surface area contributed by atoms with E-state index >= 15 is 0 Å². The van der Waals surface area contributed by atoms with E-state index in [0.717, 1.165) is 0 Å². The minimum atomic E-state index is 1.17. The number of alkyl halides is 2. The molecule has 0 fully saturated rings. The molecule has 0 aliphatic rings. The van der Waals surface area contributed by atoms with Crippen LogP contribution in [0.15, 0.2) is 0 Å². The summed E-state index contributed by atoms with van der Waals surface area (Å²) < 4.78 is 0. The number of unbranched alkanes of at least 4 members (excludes halogenated alkanes) is 3. The standard InChI is InChI=1S/C6H13Br.CH3I/c1-2-3-4-5-6-7;1-2/h2-6H2,1H3;1H3. The summed E-state index contributed by atoms with van der Waals surface area (Å²) in [5.41, 5.74) is 0. The number of halogens is 2. The Kier molecular flexibility index (Phi) is 23.0. The molecule has 58 valence electrons. The first-order valence-electron chi connectivity index (χ1n) is 3.35. The Hall–Kier alpha value is 1.21. The molecule has 0 bridgehead atoms. The van der Waals surface area contributed by atoms with Gasteiger partial charge in [0, 0.05) is 5.33 Å². The predicted molar refractivity (Wildman–Crippen MR) is 57.9 cm³/mol. The molecule has 0 unspecified atom stereocenters. The molecule has 9 heavy (non-hydrogen) atoms. The lowest BCUT2D eigenvalue weighted by molar-refractivity contribution is 0.708. The van der Waals surface area contributed by atoms with Crippen LogP contribution in [0.1, 0.15) is 32.6 Å². The van der Waals surface area contributed by atoms with Crippen LogP contribution in [0.5, 0.6) is 0 Å². The molecule has 0 radical (unpaired) electrons. The van der Waals surface area contributed by atoms with Crippen molar-refractivity contribution in [3.05, 3.63) is 0 Å². The predicted octanol–water partition coefficient (Wildman–Crippen LogP) is 4.01. The van der Waals surface area contributed by atoms with Gasteiger partial charge in [-0.1, -0.05) is 64.7 Å². The zero-order chi connectivity index (χ0) is 7.54.